The third-order valence-corrected chi connectivity index (χ3v) is 10.3. The van der Waals surface area contributed by atoms with E-state index in [0.717, 1.165) is 61.5 Å². The van der Waals surface area contributed by atoms with Crippen LogP contribution in [0.4, 0.5) is 27.5 Å². The van der Waals surface area contributed by atoms with Crippen LogP contribution < -0.4 is 19.8 Å². The minimum atomic E-state index is -4.50. The Morgan fingerprint density at radius 2 is 1.34 bits per heavy atom. The van der Waals surface area contributed by atoms with E-state index in [1.54, 1.807) is 54.6 Å². The Morgan fingerprint density at radius 1 is 0.774 bits per heavy atom. The summed E-state index contributed by atoms with van der Waals surface area (Å²) >= 11 is 0. The third-order valence-electron chi connectivity index (χ3n) is 8.96. The fourth-order valence-corrected chi connectivity index (χ4v) is 7.04. The van der Waals surface area contributed by atoms with E-state index < -0.39 is 37.5 Å². The van der Waals surface area contributed by atoms with Crippen LogP contribution in [0.15, 0.2) is 144 Å². The summed E-state index contributed by atoms with van der Waals surface area (Å²) in [6.07, 6.45) is 2.28. The molecule has 0 atom stereocenters. The number of carbonyl (C=O) groups excluding carboxylic acids is 2. The van der Waals surface area contributed by atoms with Crippen molar-refractivity contribution in [1.82, 2.24) is 9.62 Å². The monoisotopic (exact) mass is 730 g/mol. The standard InChI is InChI=1S/C40H38N6O6S/c1-43(40(48)41-33-15-9-4-10-16-33)37-22-21-35(29-38(37)46(49)50)53(51,52)42-39(47)32-17-19-34(20-18-32)45-27-25-44(26-28-45)24-23-36(30-11-5-2-6-12-30)31-13-7-3-8-14-31/h2-23,29H,24-28H2,1H3,(H,41,48)(H,42,47). The second-order valence-electron chi connectivity index (χ2n) is 12.4. The molecular formula is C40H38N6O6S. The molecule has 0 aliphatic carbocycles. The van der Waals surface area contributed by atoms with Crippen molar-refractivity contribution in [2.75, 3.05) is 54.9 Å². The molecule has 1 saturated heterocycles. The minimum absolute atomic E-state index is 0.110. The lowest BCUT2D eigenvalue weighted by Crippen LogP contribution is -2.46. The summed E-state index contributed by atoms with van der Waals surface area (Å²) < 4.78 is 28.4. The summed E-state index contributed by atoms with van der Waals surface area (Å²) in [6.45, 7) is 4.03. The highest BCUT2D eigenvalue weighted by molar-refractivity contribution is 7.90. The molecule has 3 amide bonds. The first kappa shape index (κ1) is 36.5. The summed E-state index contributed by atoms with van der Waals surface area (Å²) in [5.74, 6) is -0.883. The van der Waals surface area contributed by atoms with Gasteiger partial charge in [0.25, 0.3) is 21.6 Å². The molecule has 5 aromatic rings. The fourth-order valence-electron chi connectivity index (χ4n) is 6.05. The van der Waals surface area contributed by atoms with Crippen molar-refractivity contribution in [2.45, 2.75) is 4.90 Å². The Balaban J connectivity index is 1.06. The normalized spacial score (nSPS) is 13.1. The van der Waals surface area contributed by atoms with E-state index in [1.807, 2.05) is 41.1 Å². The number of carbonyl (C=O) groups is 2. The maximum absolute atomic E-state index is 13.2. The molecule has 0 radical (unpaired) electrons. The number of anilines is 3. The molecule has 1 heterocycles. The molecule has 1 fully saturated rings. The molecule has 1 aliphatic rings. The van der Waals surface area contributed by atoms with Crippen LogP contribution >= 0.6 is 0 Å². The number of sulfonamides is 1. The molecule has 1 aliphatic heterocycles. The van der Waals surface area contributed by atoms with Crippen LogP contribution in [0, 0.1) is 10.1 Å². The SMILES string of the molecule is CN(C(=O)Nc1ccccc1)c1ccc(S(=O)(=O)NC(=O)c2ccc(N3CCN(CC=C(c4ccccc4)c4ccccc4)CC3)cc2)cc1[N+](=O)[O-]. The largest absolute Gasteiger partial charge is 0.369 e. The second kappa shape index (κ2) is 16.4. The first-order valence-electron chi connectivity index (χ1n) is 16.9. The number of nitrogens with one attached hydrogen (secondary N) is 2. The molecule has 0 spiro atoms. The number of nitro groups is 1. The molecule has 2 N–H and O–H groups in total. The van der Waals surface area contributed by atoms with E-state index in [-0.39, 0.29) is 11.3 Å². The van der Waals surface area contributed by atoms with Gasteiger partial charge >= 0.3 is 6.03 Å². The van der Waals surface area contributed by atoms with Crippen LogP contribution in [-0.4, -0.2) is 70.0 Å². The quantitative estimate of drug-likeness (QED) is 0.114. The van der Waals surface area contributed by atoms with Gasteiger partial charge < -0.3 is 10.2 Å². The van der Waals surface area contributed by atoms with Crippen molar-refractivity contribution in [1.29, 1.82) is 0 Å². The van der Waals surface area contributed by atoms with Crippen molar-refractivity contribution >= 4 is 50.3 Å². The second-order valence-corrected chi connectivity index (χ2v) is 14.1. The molecule has 0 aromatic heterocycles. The molecule has 6 rings (SSSR count). The molecule has 12 nitrogen and oxygen atoms in total. The summed E-state index contributed by atoms with van der Waals surface area (Å²) in [7, 11) is -3.18. The lowest BCUT2D eigenvalue weighted by Gasteiger charge is -2.35. The topological polar surface area (TPSA) is 145 Å². The summed E-state index contributed by atoms with van der Waals surface area (Å²) in [6, 6.07) is 38.3. The van der Waals surface area contributed by atoms with Crippen LogP contribution in [0.1, 0.15) is 21.5 Å². The van der Waals surface area contributed by atoms with E-state index in [2.05, 4.69) is 45.5 Å². The number of nitro benzene ring substituents is 1. The van der Waals surface area contributed by atoms with Gasteiger partial charge in [-0.05, 0) is 65.2 Å². The van der Waals surface area contributed by atoms with E-state index in [1.165, 1.54) is 23.7 Å². The predicted molar refractivity (Wildman–Crippen MR) is 207 cm³/mol. The highest BCUT2D eigenvalue weighted by Gasteiger charge is 2.27. The van der Waals surface area contributed by atoms with Gasteiger partial charge in [-0.3, -0.25) is 24.7 Å². The number of hydrogen-bond donors (Lipinski definition) is 2. The maximum Gasteiger partial charge on any atom is 0.326 e. The summed E-state index contributed by atoms with van der Waals surface area (Å²) in [5.41, 5.74) is 4.26. The Hall–Kier alpha value is -6.31. The first-order valence-corrected chi connectivity index (χ1v) is 18.4. The number of piperazine rings is 1. The number of nitrogens with zero attached hydrogens (tertiary/aromatic N) is 4. The highest BCUT2D eigenvalue weighted by Crippen LogP contribution is 2.31. The van der Waals surface area contributed by atoms with Crippen molar-refractivity contribution in [3.05, 3.63) is 166 Å². The number of amides is 3. The van der Waals surface area contributed by atoms with Gasteiger partial charge in [-0.1, -0.05) is 84.9 Å². The molecule has 270 valence electrons. The zero-order chi connectivity index (χ0) is 37.4. The minimum Gasteiger partial charge on any atom is -0.369 e. The average Bonchev–Trinajstić information content (AvgIpc) is 3.19. The Morgan fingerprint density at radius 3 is 1.91 bits per heavy atom. The van der Waals surface area contributed by atoms with Crippen molar-refractivity contribution in [3.8, 4) is 0 Å². The van der Waals surface area contributed by atoms with Gasteiger partial charge in [-0.2, -0.15) is 0 Å². The average molecular weight is 731 g/mol. The first-order chi connectivity index (χ1) is 25.6. The molecule has 0 unspecified atom stereocenters. The van der Waals surface area contributed by atoms with E-state index >= 15 is 0 Å². The number of urea groups is 1. The lowest BCUT2D eigenvalue weighted by molar-refractivity contribution is -0.384. The zero-order valence-corrected chi connectivity index (χ0v) is 29.8. The van der Waals surface area contributed by atoms with E-state index in [9.17, 15) is 28.1 Å². The molecule has 0 saturated carbocycles. The van der Waals surface area contributed by atoms with Crippen LogP contribution in [0.2, 0.25) is 0 Å². The Labute approximate surface area is 308 Å². The van der Waals surface area contributed by atoms with Crippen molar-refractivity contribution in [3.63, 3.8) is 0 Å². The van der Waals surface area contributed by atoms with Crippen LogP contribution in [0.25, 0.3) is 5.57 Å². The van der Waals surface area contributed by atoms with Gasteiger partial charge in [0.2, 0.25) is 0 Å². The van der Waals surface area contributed by atoms with Crippen molar-refractivity contribution < 1.29 is 22.9 Å². The molecule has 0 bridgehead atoms. The van der Waals surface area contributed by atoms with E-state index in [0.29, 0.717) is 5.69 Å². The molecule has 5 aromatic carbocycles. The molecular weight excluding hydrogens is 693 g/mol. The van der Waals surface area contributed by atoms with E-state index in [4.69, 9.17) is 0 Å². The summed E-state index contributed by atoms with van der Waals surface area (Å²) in [4.78, 5) is 42.1. The Kier molecular flexibility index (Phi) is 11.3. The van der Waals surface area contributed by atoms with Gasteiger partial charge in [0.15, 0.2) is 0 Å². The number of para-hydroxylation sites is 1. The third kappa shape index (κ3) is 8.95. The summed E-state index contributed by atoms with van der Waals surface area (Å²) in [5, 5.41) is 14.6. The fraction of sp³-hybridized carbons (Fsp3) is 0.150. The molecule has 13 heteroatoms. The van der Waals surface area contributed by atoms with Crippen molar-refractivity contribution in [2.24, 2.45) is 0 Å². The number of benzene rings is 5. The zero-order valence-electron chi connectivity index (χ0n) is 29.0. The highest BCUT2D eigenvalue weighted by atomic mass is 32.2. The smallest absolute Gasteiger partial charge is 0.326 e. The van der Waals surface area contributed by atoms with Gasteiger partial charge in [0.1, 0.15) is 5.69 Å². The van der Waals surface area contributed by atoms with Crippen LogP contribution in [0.5, 0.6) is 0 Å². The number of rotatable bonds is 11. The van der Waals surface area contributed by atoms with Gasteiger partial charge in [-0.25, -0.2) is 17.9 Å². The predicted octanol–water partition coefficient (Wildman–Crippen LogP) is 6.64. The van der Waals surface area contributed by atoms with Crippen LogP contribution in [0.3, 0.4) is 0 Å². The Bertz CT molecular complexity index is 2170. The van der Waals surface area contributed by atoms with Gasteiger partial charge in [-0.15, -0.1) is 0 Å². The van der Waals surface area contributed by atoms with Gasteiger partial charge in [0.05, 0.1) is 9.82 Å². The lowest BCUT2D eigenvalue weighted by atomic mass is 9.97. The van der Waals surface area contributed by atoms with Crippen LogP contribution in [-0.2, 0) is 10.0 Å². The molecule has 53 heavy (non-hydrogen) atoms. The maximum atomic E-state index is 13.2. The number of hydrogen-bond acceptors (Lipinski definition) is 8. The van der Waals surface area contributed by atoms with Gasteiger partial charge in [0, 0.05) is 62.8 Å².